The van der Waals surface area contributed by atoms with Crippen LogP contribution in [0.3, 0.4) is 0 Å². The molecule has 0 amide bonds. The minimum Gasteiger partial charge on any atom is -0.365 e. The Morgan fingerprint density at radius 2 is 2.09 bits per heavy atom. The van der Waals surface area contributed by atoms with Crippen LogP contribution in [-0.4, -0.2) is 16.0 Å². The molecule has 0 radical (unpaired) electrons. The number of thiophene rings is 1. The molecule has 0 spiro atoms. The van der Waals surface area contributed by atoms with Gasteiger partial charge in [0, 0.05) is 12.6 Å². The molecule has 0 aliphatic rings. The van der Waals surface area contributed by atoms with Crippen molar-refractivity contribution in [3.05, 3.63) is 47.1 Å². The molecule has 0 bridgehead atoms. The van der Waals surface area contributed by atoms with Crippen LogP contribution in [0.15, 0.2) is 35.7 Å². The van der Waals surface area contributed by atoms with Gasteiger partial charge in [-0.15, -0.1) is 11.3 Å². The Hall–Kier alpha value is -2.21. The first kappa shape index (κ1) is 14.7. The first-order chi connectivity index (χ1) is 10.6. The molecule has 3 rings (SSSR count). The number of fused-ring (bicyclic) bond motifs is 1. The lowest BCUT2D eigenvalue weighted by atomic mass is 10.2. The first-order valence-corrected chi connectivity index (χ1v) is 8.00. The number of benzene rings is 1. The van der Waals surface area contributed by atoms with Gasteiger partial charge in [0.2, 0.25) is 5.95 Å². The van der Waals surface area contributed by atoms with Crippen molar-refractivity contribution in [2.75, 3.05) is 10.6 Å². The van der Waals surface area contributed by atoms with Crippen molar-refractivity contribution in [2.24, 2.45) is 0 Å². The van der Waals surface area contributed by atoms with Crippen LogP contribution < -0.4 is 10.6 Å². The van der Waals surface area contributed by atoms with E-state index in [9.17, 15) is 4.39 Å². The van der Waals surface area contributed by atoms with Gasteiger partial charge in [-0.1, -0.05) is 12.1 Å². The Kier molecular flexibility index (Phi) is 4.20. The van der Waals surface area contributed by atoms with Crippen molar-refractivity contribution in [3.63, 3.8) is 0 Å². The number of hydrogen-bond acceptors (Lipinski definition) is 5. The standard InChI is InChI=1S/C16H17FN4S/c1-10(2)19-16-20-13-6-7-22-14(13)15(21-16)18-9-11-4-3-5-12(17)8-11/h3-8,10H,9H2,1-2H3,(H2,18,19,20,21). The average molecular weight is 316 g/mol. The molecule has 22 heavy (non-hydrogen) atoms. The third kappa shape index (κ3) is 3.33. The van der Waals surface area contributed by atoms with Gasteiger partial charge in [0.25, 0.3) is 0 Å². The van der Waals surface area contributed by atoms with Gasteiger partial charge in [-0.05, 0) is 43.0 Å². The molecule has 0 atom stereocenters. The van der Waals surface area contributed by atoms with E-state index < -0.39 is 0 Å². The molecule has 0 saturated carbocycles. The van der Waals surface area contributed by atoms with Gasteiger partial charge in [-0.3, -0.25) is 0 Å². The van der Waals surface area contributed by atoms with E-state index in [4.69, 9.17) is 0 Å². The molecule has 114 valence electrons. The Morgan fingerprint density at radius 3 is 2.86 bits per heavy atom. The van der Waals surface area contributed by atoms with E-state index in [0.29, 0.717) is 12.5 Å². The van der Waals surface area contributed by atoms with E-state index in [2.05, 4.69) is 20.6 Å². The Balaban J connectivity index is 1.86. The Labute approximate surface area is 132 Å². The summed E-state index contributed by atoms with van der Waals surface area (Å²) in [5.41, 5.74) is 1.78. The summed E-state index contributed by atoms with van der Waals surface area (Å²) < 4.78 is 14.2. The number of hydrogen-bond donors (Lipinski definition) is 2. The van der Waals surface area contributed by atoms with E-state index in [1.807, 2.05) is 31.4 Å². The highest BCUT2D eigenvalue weighted by atomic mass is 32.1. The Bertz CT molecular complexity index is 785. The number of halogens is 1. The monoisotopic (exact) mass is 316 g/mol. The van der Waals surface area contributed by atoms with Crippen molar-refractivity contribution < 1.29 is 4.39 Å². The fourth-order valence-corrected chi connectivity index (χ4v) is 2.94. The minimum atomic E-state index is -0.231. The summed E-state index contributed by atoms with van der Waals surface area (Å²) in [4.78, 5) is 9.03. The molecule has 1 aromatic carbocycles. The molecule has 2 aromatic heterocycles. The van der Waals surface area contributed by atoms with Crippen LogP contribution >= 0.6 is 11.3 Å². The molecular formula is C16H17FN4S. The number of aromatic nitrogens is 2. The highest BCUT2D eigenvalue weighted by molar-refractivity contribution is 7.17. The zero-order chi connectivity index (χ0) is 15.5. The lowest BCUT2D eigenvalue weighted by Gasteiger charge is -2.11. The summed E-state index contributed by atoms with van der Waals surface area (Å²) >= 11 is 1.59. The van der Waals surface area contributed by atoms with Crippen LogP contribution in [0, 0.1) is 5.82 Å². The summed E-state index contributed by atoms with van der Waals surface area (Å²) in [7, 11) is 0. The molecule has 0 aliphatic heterocycles. The zero-order valence-corrected chi connectivity index (χ0v) is 13.2. The highest BCUT2D eigenvalue weighted by Crippen LogP contribution is 2.27. The second-order valence-corrected chi connectivity index (χ2v) is 6.23. The molecule has 6 heteroatoms. The van der Waals surface area contributed by atoms with Crippen molar-refractivity contribution in [1.29, 1.82) is 0 Å². The van der Waals surface area contributed by atoms with Gasteiger partial charge in [0.15, 0.2) is 0 Å². The fraction of sp³-hybridized carbons (Fsp3) is 0.250. The molecule has 4 nitrogen and oxygen atoms in total. The van der Waals surface area contributed by atoms with Crippen LogP contribution in [0.25, 0.3) is 10.2 Å². The van der Waals surface area contributed by atoms with Crippen LogP contribution in [0.5, 0.6) is 0 Å². The first-order valence-electron chi connectivity index (χ1n) is 7.12. The summed E-state index contributed by atoms with van der Waals surface area (Å²) in [6.45, 7) is 4.60. The third-order valence-corrected chi connectivity index (χ3v) is 3.98. The molecule has 2 N–H and O–H groups in total. The van der Waals surface area contributed by atoms with E-state index in [-0.39, 0.29) is 11.9 Å². The predicted molar refractivity (Wildman–Crippen MR) is 89.9 cm³/mol. The zero-order valence-electron chi connectivity index (χ0n) is 12.4. The van der Waals surface area contributed by atoms with E-state index >= 15 is 0 Å². The normalized spacial score (nSPS) is 11.1. The van der Waals surface area contributed by atoms with Gasteiger partial charge in [0.1, 0.15) is 11.6 Å². The van der Waals surface area contributed by atoms with Gasteiger partial charge in [0.05, 0.1) is 10.2 Å². The summed E-state index contributed by atoms with van der Waals surface area (Å²) in [5.74, 6) is 1.14. The molecule has 2 heterocycles. The van der Waals surface area contributed by atoms with Gasteiger partial charge in [-0.2, -0.15) is 4.98 Å². The number of anilines is 2. The number of rotatable bonds is 5. The largest absolute Gasteiger partial charge is 0.365 e. The van der Waals surface area contributed by atoms with Gasteiger partial charge < -0.3 is 10.6 Å². The van der Waals surface area contributed by atoms with Crippen LogP contribution in [0.1, 0.15) is 19.4 Å². The smallest absolute Gasteiger partial charge is 0.225 e. The van der Waals surface area contributed by atoms with E-state index in [1.165, 1.54) is 12.1 Å². The maximum Gasteiger partial charge on any atom is 0.225 e. The maximum atomic E-state index is 13.2. The molecule has 3 aromatic rings. The van der Waals surface area contributed by atoms with Crippen LogP contribution in [0.4, 0.5) is 16.2 Å². The number of nitrogens with zero attached hydrogens (tertiary/aromatic N) is 2. The third-order valence-electron chi connectivity index (χ3n) is 3.07. The lowest BCUT2D eigenvalue weighted by Crippen LogP contribution is -2.13. The quantitative estimate of drug-likeness (QED) is 0.738. The van der Waals surface area contributed by atoms with E-state index in [1.54, 1.807) is 17.4 Å². The van der Waals surface area contributed by atoms with Gasteiger partial charge in [-0.25, -0.2) is 9.37 Å². The van der Waals surface area contributed by atoms with Gasteiger partial charge >= 0.3 is 0 Å². The van der Waals surface area contributed by atoms with E-state index in [0.717, 1.165) is 21.6 Å². The molecule has 0 aliphatic carbocycles. The second kappa shape index (κ2) is 6.27. The molecule has 0 unspecified atom stereocenters. The summed E-state index contributed by atoms with van der Waals surface area (Å²) in [6.07, 6.45) is 0. The molecule has 0 saturated heterocycles. The lowest BCUT2D eigenvalue weighted by molar-refractivity contribution is 0.626. The molecular weight excluding hydrogens is 299 g/mol. The van der Waals surface area contributed by atoms with Crippen LogP contribution in [0.2, 0.25) is 0 Å². The SMILES string of the molecule is CC(C)Nc1nc(NCc2cccc(F)c2)c2sccc2n1. The molecule has 0 fully saturated rings. The van der Waals surface area contributed by atoms with Crippen molar-refractivity contribution in [1.82, 2.24) is 9.97 Å². The minimum absolute atomic E-state index is 0.231. The second-order valence-electron chi connectivity index (χ2n) is 5.31. The van der Waals surface area contributed by atoms with Crippen LogP contribution in [-0.2, 0) is 6.54 Å². The van der Waals surface area contributed by atoms with Crippen molar-refractivity contribution in [2.45, 2.75) is 26.4 Å². The topological polar surface area (TPSA) is 49.8 Å². The Morgan fingerprint density at radius 1 is 1.23 bits per heavy atom. The summed E-state index contributed by atoms with van der Waals surface area (Å²) in [5, 5.41) is 8.49. The fourth-order valence-electron chi connectivity index (χ4n) is 2.14. The van der Waals surface area contributed by atoms with Crippen molar-refractivity contribution in [3.8, 4) is 0 Å². The average Bonchev–Trinajstić information content (AvgIpc) is 2.92. The highest BCUT2D eigenvalue weighted by Gasteiger charge is 2.09. The summed E-state index contributed by atoms with van der Waals surface area (Å²) in [6, 6.07) is 8.78. The maximum absolute atomic E-state index is 13.2. The van der Waals surface area contributed by atoms with Crippen molar-refractivity contribution >= 4 is 33.3 Å². The number of nitrogens with one attached hydrogen (secondary N) is 2. The predicted octanol–water partition coefficient (Wildman–Crippen LogP) is 4.26.